The Kier molecular flexibility index (Phi) is 3.76. The predicted octanol–water partition coefficient (Wildman–Crippen LogP) is 3.41. The normalized spacial score (nSPS) is 18.0. The molecular formula is C19H20N4O. The van der Waals surface area contributed by atoms with Gasteiger partial charge in [-0.2, -0.15) is 0 Å². The molecule has 5 nitrogen and oxygen atoms in total. The van der Waals surface area contributed by atoms with E-state index in [2.05, 4.69) is 4.98 Å². The van der Waals surface area contributed by atoms with Gasteiger partial charge in [-0.3, -0.25) is 9.20 Å². The van der Waals surface area contributed by atoms with E-state index in [1.807, 2.05) is 58.8 Å². The fourth-order valence-corrected chi connectivity index (χ4v) is 3.51. The Bertz CT molecular complexity index is 871. The standard InChI is InChI=1S/C19H20N4O/c1-14-11-16-12-20-13-23(16)18(21-14)17-9-5-6-10-22(17)19(24)15-7-3-2-4-8-15/h2-4,7-8,11-13,17H,5-6,9-10H2,1H3. The number of aromatic nitrogens is 3. The SMILES string of the molecule is Cc1cc2cncn2c(C2CCCCN2C(=O)c2ccccc2)n1. The first kappa shape index (κ1) is 14.9. The first-order valence-corrected chi connectivity index (χ1v) is 8.39. The zero-order valence-corrected chi connectivity index (χ0v) is 13.7. The quantitative estimate of drug-likeness (QED) is 0.727. The fraction of sp³-hybridized carbons (Fsp3) is 0.316. The third kappa shape index (κ3) is 2.56. The van der Waals surface area contributed by atoms with E-state index in [0.717, 1.165) is 48.4 Å². The third-order valence-electron chi connectivity index (χ3n) is 4.64. The van der Waals surface area contributed by atoms with Crippen LogP contribution < -0.4 is 0 Å². The van der Waals surface area contributed by atoms with Gasteiger partial charge in [0.2, 0.25) is 0 Å². The maximum Gasteiger partial charge on any atom is 0.254 e. The Morgan fingerprint density at radius 2 is 2.04 bits per heavy atom. The second-order valence-electron chi connectivity index (χ2n) is 6.32. The summed E-state index contributed by atoms with van der Waals surface area (Å²) in [6.45, 7) is 2.76. The van der Waals surface area contributed by atoms with Crippen molar-refractivity contribution >= 4 is 11.4 Å². The lowest BCUT2D eigenvalue weighted by molar-refractivity contribution is 0.0598. The Labute approximate surface area is 141 Å². The molecule has 0 N–H and O–H groups in total. The molecular weight excluding hydrogens is 300 g/mol. The second-order valence-corrected chi connectivity index (χ2v) is 6.32. The van der Waals surface area contributed by atoms with Gasteiger partial charge in [0.1, 0.15) is 12.2 Å². The van der Waals surface area contributed by atoms with Gasteiger partial charge in [0.05, 0.1) is 17.8 Å². The molecule has 0 aliphatic carbocycles. The predicted molar refractivity (Wildman–Crippen MR) is 91.8 cm³/mol. The number of benzene rings is 1. The second kappa shape index (κ2) is 6.07. The summed E-state index contributed by atoms with van der Waals surface area (Å²) < 4.78 is 2.01. The van der Waals surface area contributed by atoms with Gasteiger partial charge in [-0.1, -0.05) is 18.2 Å². The summed E-state index contributed by atoms with van der Waals surface area (Å²) in [4.78, 5) is 24.0. The van der Waals surface area contributed by atoms with Crippen molar-refractivity contribution < 1.29 is 4.79 Å². The van der Waals surface area contributed by atoms with Crippen LogP contribution in [0, 0.1) is 6.92 Å². The molecule has 122 valence electrons. The monoisotopic (exact) mass is 320 g/mol. The molecule has 0 radical (unpaired) electrons. The Morgan fingerprint density at radius 3 is 2.88 bits per heavy atom. The summed E-state index contributed by atoms with van der Waals surface area (Å²) in [6.07, 6.45) is 6.70. The average molecular weight is 320 g/mol. The van der Waals surface area contributed by atoms with Gasteiger partial charge in [0.25, 0.3) is 5.91 Å². The summed E-state index contributed by atoms with van der Waals surface area (Å²) in [7, 11) is 0. The van der Waals surface area contributed by atoms with Crippen molar-refractivity contribution in [3.8, 4) is 0 Å². The molecule has 1 saturated heterocycles. The van der Waals surface area contributed by atoms with Crippen molar-refractivity contribution in [1.29, 1.82) is 0 Å². The molecule has 5 heteroatoms. The van der Waals surface area contributed by atoms with Gasteiger partial charge in [-0.25, -0.2) is 9.97 Å². The zero-order valence-electron chi connectivity index (χ0n) is 13.7. The molecule has 3 aromatic rings. The number of carbonyl (C=O) groups is 1. The number of hydrogen-bond acceptors (Lipinski definition) is 3. The van der Waals surface area contributed by atoms with Gasteiger partial charge in [-0.15, -0.1) is 0 Å². The van der Waals surface area contributed by atoms with Crippen LogP contribution in [0.4, 0.5) is 0 Å². The molecule has 4 rings (SSSR count). The number of carbonyl (C=O) groups excluding carboxylic acids is 1. The van der Waals surface area contributed by atoms with E-state index >= 15 is 0 Å². The maximum atomic E-state index is 13.0. The molecule has 3 heterocycles. The molecule has 1 aliphatic heterocycles. The lowest BCUT2D eigenvalue weighted by atomic mass is 9.99. The van der Waals surface area contributed by atoms with Gasteiger partial charge < -0.3 is 4.90 Å². The van der Waals surface area contributed by atoms with E-state index in [4.69, 9.17) is 4.98 Å². The van der Waals surface area contributed by atoms with E-state index in [-0.39, 0.29) is 11.9 Å². The largest absolute Gasteiger partial charge is 0.328 e. The van der Waals surface area contributed by atoms with Crippen LogP contribution in [0.3, 0.4) is 0 Å². The summed E-state index contributed by atoms with van der Waals surface area (Å²) in [5.41, 5.74) is 2.71. The number of nitrogens with zero attached hydrogens (tertiary/aromatic N) is 4. The number of imidazole rings is 1. The molecule has 0 spiro atoms. The highest BCUT2D eigenvalue weighted by molar-refractivity contribution is 5.94. The van der Waals surface area contributed by atoms with Gasteiger partial charge in [-0.05, 0) is 44.4 Å². The van der Waals surface area contributed by atoms with E-state index < -0.39 is 0 Å². The number of amides is 1. The van der Waals surface area contributed by atoms with E-state index in [1.165, 1.54) is 0 Å². The molecule has 1 aliphatic rings. The van der Waals surface area contributed by atoms with Crippen molar-refractivity contribution in [2.24, 2.45) is 0 Å². The van der Waals surface area contributed by atoms with Crippen LogP contribution in [0.1, 0.15) is 47.2 Å². The molecule has 1 fully saturated rings. The molecule has 1 unspecified atom stereocenters. The summed E-state index contributed by atoms with van der Waals surface area (Å²) >= 11 is 0. The van der Waals surface area contributed by atoms with E-state index in [1.54, 1.807) is 6.33 Å². The van der Waals surface area contributed by atoms with Crippen LogP contribution >= 0.6 is 0 Å². The Morgan fingerprint density at radius 1 is 1.21 bits per heavy atom. The third-order valence-corrected chi connectivity index (χ3v) is 4.64. The smallest absolute Gasteiger partial charge is 0.254 e. The minimum absolute atomic E-state index is 0.0111. The topological polar surface area (TPSA) is 50.5 Å². The Hall–Kier alpha value is -2.69. The van der Waals surface area contributed by atoms with Crippen molar-refractivity contribution in [3.05, 3.63) is 66.0 Å². The van der Waals surface area contributed by atoms with Crippen molar-refractivity contribution in [3.63, 3.8) is 0 Å². The van der Waals surface area contributed by atoms with Crippen LogP contribution in [0.25, 0.3) is 5.52 Å². The number of rotatable bonds is 2. The molecule has 1 aromatic carbocycles. The van der Waals surface area contributed by atoms with Gasteiger partial charge in [0, 0.05) is 17.8 Å². The highest BCUT2D eigenvalue weighted by Gasteiger charge is 2.31. The molecule has 1 amide bonds. The molecule has 1 atom stereocenters. The van der Waals surface area contributed by atoms with Crippen LogP contribution in [-0.2, 0) is 0 Å². The van der Waals surface area contributed by atoms with Crippen molar-refractivity contribution in [1.82, 2.24) is 19.3 Å². The first-order valence-electron chi connectivity index (χ1n) is 8.39. The minimum atomic E-state index is -0.0111. The highest BCUT2D eigenvalue weighted by Crippen LogP contribution is 2.31. The fourth-order valence-electron chi connectivity index (χ4n) is 3.51. The van der Waals surface area contributed by atoms with Crippen LogP contribution in [0.5, 0.6) is 0 Å². The van der Waals surface area contributed by atoms with Crippen LogP contribution in [0.15, 0.2) is 48.9 Å². The summed E-state index contributed by atoms with van der Waals surface area (Å²) in [6, 6.07) is 11.5. The molecule has 0 saturated carbocycles. The summed E-state index contributed by atoms with van der Waals surface area (Å²) in [5.74, 6) is 0.989. The van der Waals surface area contributed by atoms with Crippen LogP contribution in [-0.4, -0.2) is 31.7 Å². The number of fused-ring (bicyclic) bond motifs is 1. The molecule has 0 bridgehead atoms. The van der Waals surface area contributed by atoms with Gasteiger partial charge in [0.15, 0.2) is 0 Å². The lowest BCUT2D eigenvalue weighted by Gasteiger charge is -2.35. The Balaban J connectivity index is 1.77. The van der Waals surface area contributed by atoms with E-state index in [0.29, 0.717) is 0 Å². The van der Waals surface area contributed by atoms with E-state index in [9.17, 15) is 4.79 Å². The highest BCUT2D eigenvalue weighted by atomic mass is 16.2. The van der Waals surface area contributed by atoms with Crippen molar-refractivity contribution in [2.75, 3.05) is 6.54 Å². The average Bonchev–Trinajstić information content (AvgIpc) is 3.09. The van der Waals surface area contributed by atoms with Crippen molar-refractivity contribution in [2.45, 2.75) is 32.2 Å². The molecule has 2 aromatic heterocycles. The van der Waals surface area contributed by atoms with Gasteiger partial charge >= 0.3 is 0 Å². The first-order chi connectivity index (χ1) is 11.7. The summed E-state index contributed by atoms with van der Waals surface area (Å²) in [5, 5.41) is 0. The number of piperidine rings is 1. The minimum Gasteiger partial charge on any atom is -0.328 e. The number of aryl methyl sites for hydroxylation is 1. The maximum absolute atomic E-state index is 13.0. The number of hydrogen-bond donors (Lipinski definition) is 0. The number of likely N-dealkylation sites (tertiary alicyclic amines) is 1. The van der Waals surface area contributed by atoms with Crippen LogP contribution in [0.2, 0.25) is 0 Å². The lowest BCUT2D eigenvalue weighted by Crippen LogP contribution is -2.39. The molecule has 24 heavy (non-hydrogen) atoms. The zero-order chi connectivity index (χ0) is 16.5.